The molecule has 0 bridgehead atoms. The van der Waals surface area contributed by atoms with Gasteiger partial charge in [0.25, 0.3) is 17.4 Å². The maximum absolute atomic E-state index is 14.2. The van der Waals surface area contributed by atoms with E-state index in [0.29, 0.717) is 6.54 Å². The number of benzene rings is 1. The number of carbonyl (C=O) groups is 2. The van der Waals surface area contributed by atoms with Crippen molar-refractivity contribution in [3.63, 3.8) is 0 Å². The molecule has 2 saturated heterocycles. The van der Waals surface area contributed by atoms with Crippen LogP contribution in [0.1, 0.15) is 107 Å². The lowest BCUT2D eigenvalue weighted by molar-refractivity contribution is -0.0527. The molecule has 0 radical (unpaired) electrons. The molecule has 54 heavy (non-hydrogen) atoms. The van der Waals surface area contributed by atoms with Gasteiger partial charge in [0.05, 0.1) is 24.7 Å². The van der Waals surface area contributed by atoms with E-state index in [1.165, 1.54) is 55.0 Å². The van der Waals surface area contributed by atoms with Crippen LogP contribution in [0.4, 0.5) is 19.0 Å². The van der Waals surface area contributed by atoms with Crippen LogP contribution in [-0.2, 0) is 11.3 Å². The Morgan fingerprint density at radius 1 is 1.15 bits per heavy atom. The molecular weight excluding hydrogens is 722 g/mol. The summed E-state index contributed by atoms with van der Waals surface area (Å²) in [4.78, 5) is 45.2. The molecule has 3 fully saturated rings. The number of nitriles is 1. The molecule has 0 spiro atoms. The lowest BCUT2D eigenvalue weighted by Crippen LogP contribution is -2.59. The molecule has 3 aliphatic rings. The van der Waals surface area contributed by atoms with E-state index in [0.717, 1.165) is 56.6 Å². The summed E-state index contributed by atoms with van der Waals surface area (Å²) in [6.45, 7) is 9.24. The number of likely N-dealkylation sites (tertiary alicyclic amines) is 1. The molecule has 4 heterocycles. The topological polar surface area (TPSA) is 139 Å². The Kier molecular flexibility index (Phi) is 16.6. The molecule has 298 valence electrons. The summed E-state index contributed by atoms with van der Waals surface area (Å²) in [6, 6.07) is 10.2. The van der Waals surface area contributed by atoms with Gasteiger partial charge in [-0.15, -0.1) is 0 Å². The van der Waals surface area contributed by atoms with Crippen LogP contribution in [-0.4, -0.2) is 71.4 Å². The molecule has 1 unspecified atom stereocenters. The summed E-state index contributed by atoms with van der Waals surface area (Å²) in [6.07, 6.45) is 6.90. The number of carbonyl (C=O) groups excluding carboxylic acids is 2. The van der Waals surface area contributed by atoms with Gasteiger partial charge in [0, 0.05) is 46.5 Å². The molecule has 1 aromatic carbocycles. The average Bonchev–Trinajstić information content (AvgIpc) is 3.97. The van der Waals surface area contributed by atoms with Gasteiger partial charge in [-0.25, -0.2) is 4.39 Å². The highest BCUT2D eigenvalue weighted by Gasteiger charge is 2.42. The zero-order valence-electron chi connectivity index (χ0n) is 31.5. The van der Waals surface area contributed by atoms with Crippen molar-refractivity contribution in [1.29, 1.82) is 5.26 Å². The second-order valence-electron chi connectivity index (χ2n) is 13.6. The molecule has 2 aliphatic heterocycles. The van der Waals surface area contributed by atoms with E-state index < -0.39 is 35.5 Å². The number of aromatic nitrogens is 2. The summed E-state index contributed by atoms with van der Waals surface area (Å²) < 4.78 is 52.0. The highest BCUT2D eigenvalue weighted by Crippen LogP contribution is 2.35. The largest absolute Gasteiger partial charge is 0.417 e. The average molecular weight is 777 g/mol. The van der Waals surface area contributed by atoms with Crippen molar-refractivity contribution in [3.8, 4) is 23.1 Å². The number of hydrogen-bond donors (Lipinski definition) is 2. The van der Waals surface area contributed by atoms with Crippen LogP contribution in [0, 0.1) is 17.2 Å². The van der Waals surface area contributed by atoms with Crippen LogP contribution in [0.3, 0.4) is 0 Å². The molecule has 1 saturated carbocycles. The predicted octanol–water partition coefficient (Wildman–Crippen LogP) is 7.72. The van der Waals surface area contributed by atoms with Gasteiger partial charge < -0.3 is 29.6 Å². The smallest absolute Gasteiger partial charge is 0.388 e. The molecule has 15 heteroatoms. The number of halogens is 3. The zero-order valence-corrected chi connectivity index (χ0v) is 32.5. The molecule has 2 amide bonds. The van der Waals surface area contributed by atoms with Crippen molar-refractivity contribution in [2.24, 2.45) is 5.92 Å². The third kappa shape index (κ3) is 12.1. The maximum atomic E-state index is 14.2. The fraction of sp³-hybridized carbons (Fsp3) is 0.513. The first kappa shape index (κ1) is 44.0. The first-order valence-corrected chi connectivity index (χ1v) is 18.2. The third-order valence-electron chi connectivity index (χ3n) is 8.70. The minimum Gasteiger partial charge on any atom is -0.417 e. The van der Waals surface area contributed by atoms with E-state index in [-0.39, 0.29) is 69.1 Å². The number of nitrogens with zero attached hydrogens (tertiary/aromatic N) is 4. The summed E-state index contributed by atoms with van der Waals surface area (Å²) in [5.74, 6) is -1.30. The Hall–Kier alpha value is -4.39. The molecule has 1 aliphatic carbocycles. The first-order chi connectivity index (χ1) is 25.4. The quantitative estimate of drug-likeness (QED) is 0.189. The van der Waals surface area contributed by atoms with Crippen molar-refractivity contribution in [2.75, 3.05) is 38.2 Å². The van der Waals surface area contributed by atoms with Crippen LogP contribution in [0.15, 0.2) is 47.4 Å². The summed E-state index contributed by atoms with van der Waals surface area (Å²) in [5.41, 5.74) is -0.866. The number of anilines is 1. The maximum Gasteiger partial charge on any atom is 0.388 e. The SMILES string of the molecule is CC.CC1CCCOC1.CCCNCc1cc(C(=O)Nc2cc(-c3ccc(C#N)cc3C(=O)N3CC(C)(F)C3)cc(OC(F)F)n2)c(=O)n(C2CC2)c1.S.[HH].[HH]. The number of alkyl halides is 3. The first-order valence-electron chi connectivity index (χ1n) is 18.2. The Bertz CT molecular complexity index is 1840. The van der Waals surface area contributed by atoms with Crippen molar-refractivity contribution < 1.29 is 35.1 Å². The fourth-order valence-corrected chi connectivity index (χ4v) is 6.02. The van der Waals surface area contributed by atoms with Crippen LogP contribution in [0.5, 0.6) is 5.88 Å². The van der Waals surface area contributed by atoms with Gasteiger partial charge in [0.15, 0.2) is 0 Å². The molecule has 6 rings (SSSR count). The fourth-order valence-electron chi connectivity index (χ4n) is 6.02. The molecule has 11 nitrogen and oxygen atoms in total. The molecule has 1 atom stereocenters. The minimum absolute atomic E-state index is 0. The van der Waals surface area contributed by atoms with Gasteiger partial charge in [-0.2, -0.15) is 32.5 Å². The highest BCUT2D eigenvalue weighted by molar-refractivity contribution is 7.59. The van der Waals surface area contributed by atoms with Crippen molar-refractivity contribution in [3.05, 3.63) is 75.2 Å². The zero-order chi connectivity index (χ0) is 38.7. The molecule has 2 N–H and O–H groups in total. The van der Waals surface area contributed by atoms with Crippen LogP contribution in [0.25, 0.3) is 11.1 Å². The lowest BCUT2D eigenvalue weighted by atomic mass is 9.93. The standard InChI is InChI=1S/C31H31F3N6O4.C6H12O.C2H6.H2S.2H2/c1-3-8-36-14-19-10-24(29(43)40(15-19)21-5-6-21)27(41)38-25-11-20(12-26(37-25)44-30(32)33)22-7-4-18(13-35)9-23(22)28(42)39-16-31(2,34)17-39;1-6-3-2-4-7-5-6;1-2;;;/h4,7,9-12,15,21,30,36H,3,5-6,8,14,16-17H2,1-2H3,(H,37,38,41);6H,2-5H2,1H3;1-2H3;1H2;2*1H. The minimum atomic E-state index is -3.25. The molecule has 2 aromatic heterocycles. The van der Waals surface area contributed by atoms with E-state index in [9.17, 15) is 32.8 Å². The highest BCUT2D eigenvalue weighted by atomic mass is 32.1. The van der Waals surface area contributed by atoms with Crippen LogP contribution < -0.4 is 20.9 Å². The Morgan fingerprint density at radius 2 is 1.87 bits per heavy atom. The van der Waals surface area contributed by atoms with Gasteiger partial charge in [-0.3, -0.25) is 14.4 Å². The van der Waals surface area contributed by atoms with Crippen molar-refractivity contribution in [2.45, 2.75) is 91.6 Å². The number of amides is 2. The van der Waals surface area contributed by atoms with E-state index in [1.807, 2.05) is 26.8 Å². The van der Waals surface area contributed by atoms with E-state index in [2.05, 4.69) is 27.3 Å². The third-order valence-corrected chi connectivity index (χ3v) is 8.70. The van der Waals surface area contributed by atoms with Gasteiger partial charge in [-0.1, -0.05) is 33.8 Å². The number of hydrogen-bond acceptors (Lipinski definition) is 8. The van der Waals surface area contributed by atoms with Crippen LogP contribution in [0.2, 0.25) is 0 Å². The van der Waals surface area contributed by atoms with Gasteiger partial charge in [-0.05, 0) is 92.4 Å². The van der Waals surface area contributed by atoms with Crippen LogP contribution >= 0.6 is 13.5 Å². The molecule has 3 aromatic rings. The van der Waals surface area contributed by atoms with E-state index >= 15 is 0 Å². The van der Waals surface area contributed by atoms with E-state index in [4.69, 9.17) is 4.74 Å². The monoisotopic (exact) mass is 776 g/mol. The lowest BCUT2D eigenvalue weighted by Gasteiger charge is -2.42. The number of rotatable bonds is 11. The van der Waals surface area contributed by atoms with Gasteiger partial charge in [0.1, 0.15) is 17.1 Å². The summed E-state index contributed by atoms with van der Waals surface area (Å²) in [7, 11) is 0. The Morgan fingerprint density at radius 3 is 2.43 bits per heavy atom. The molecular formula is C39H55F3N6O5S. The summed E-state index contributed by atoms with van der Waals surface area (Å²) >= 11 is 0. The number of pyridine rings is 2. The van der Waals surface area contributed by atoms with Crippen molar-refractivity contribution in [1.82, 2.24) is 19.8 Å². The Labute approximate surface area is 324 Å². The normalized spacial score (nSPS) is 17.0. The predicted molar refractivity (Wildman–Crippen MR) is 211 cm³/mol. The number of ether oxygens (including phenoxy) is 2. The summed E-state index contributed by atoms with van der Waals surface area (Å²) in [5, 5.41) is 15.2. The number of nitrogens with one attached hydrogen (secondary N) is 2. The Balaban J connectivity index is 0.00000117. The second kappa shape index (κ2) is 20.3. The van der Waals surface area contributed by atoms with Gasteiger partial charge >= 0.3 is 6.61 Å². The van der Waals surface area contributed by atoms with E-state index in [1.54, 1.807) is 10.8 Å². The van der Waals surface area contributed by atoms with Crippen molar-refractivity contribution >= 4 is 31.1 Å². The second-order valence-corrected chi connectivity index (χ2v) is 13.6. The van der Waals surface area contributed by atoms with Gasteiger partial charge in [0.2, 0.25) is 5.88 Å².